The number of hydrogen-bond donors (Lipinski definition) is 0. The summed E-state index contributed by atoms with van der Waals surface area (Å²) in [7, 11) is 0. The van der Waals surface area contributed by atoms with Crippen molar-refractivity contribution in [2.45, 2.75) is 64.7 Å². The third-order valence-electron chi connectivity index (χ3n) is 3.08. The monoisotopic (exact) mass is 225 g/mol. The summed E-state index contributed by atoms with van der Waals surface area (Å²) in [5.41, 5.74) is 0.331. The third kappa shape index (κ3) is 3.60. The van der Waals surface area contributed by atoms with Crippen LogP contribution >= 0.6 is 11.3 Å². The molecular formula is C13H23NS. The van der Waals surface area contributed by atoms with Crippen LogP contribution in [0.4, 0.5) is 0 Å². The van der Waals surface area contributed by atoms with Crippen LogP contribution in [0.3, 0.4) is 0 Å². The molecule has 0 aromatic carbocycles. The molecule has 0 aliphatic rings. The quantitative estimate of drug-likeness (QED) is 0.608. The maximum atomic E-state index is 4.50. The highest BCUT2D eigenvalue weighted by Crippen LogP contribution is 2.35. The van der Waals surface area contributed by atoms with E-state index in [0.717, 1.165) is 0 Å². The summed E-state index contributed by atoms with van der Waals surface area (Å²) in [6.07, 6.45) is 9.75. The van der Waals surface area contributed by atoms with Gasteiger partial charge in [0.2, 0.25) is 0 Å². The molecule has 0 bridgehead atoms. The van der Waals surface area contributed by atoms with E-state index in [9.17, 15) is 0 Å². The lowest BCUT2D eigenvalue weighted by molar-refractivity contribution is 0.377. The maximum absolute atomic E-state index is 4.50. The summed E-state index contributed by atoms with van der Waals surface area (Å²) in [6.45, 7) is 6.91. The van der Waals surface area contributed by atoms with Crippen LogP contribution in [-0.4, -0.2) is 4.98 Å². The Bertz CT molecular complexity index is 256. The first-order chi connectivity index (χ1) is 7.23. The molecule has 0 radical (unpaired) electrons. The van der Waals surface area contributed by atoms with Crippen LogP contribution in [-0.2, 0) is 5.41 Å². The molecule has 1 aromatic rings. The summed E-state index contributed by atoms with van der Waals surface area (Å²) >= 11 is 1.82. The molecule has 0 aliphatic heterocycles. The number of rotatable bonds is 7. The van der Waals surface area contributed by atoms with Gasteiger partial charge in [-0.2, -0.15) is 0 Å². The van der Waals surface area contributed by atoms with Crippen LogP contribution in [0.2, 0.25) is 0 Å². The van der Waals surface area contributed by atoms with Gasteiger partial charge in [0, 0.05) is 17.0 Å². The number of thiazole rings is 1. The topological polar surface area (TPSA) is 12.9 Å². The maximum Gasteiger partial charge on any atom is 0.0983 e. The van der Waals surface area contributed by atoms with Crippen molar-refractivity contribution >= 4 is 11.3 Å². The number of nitrogens with zero attached hydrogens (tertiary/aromatic N) is 1. The standard InChI is InChI=1S/C13H23NS/c1-4-6-7-9-13(3,8-5-2)12-14-10-11-15-12/h10-11H,4-9H2,1-3H3. The van der Waals surface area contributed by atoms with Gasteiger partial charge < -0.3 is 0 Å². The van der Waals surface area contributed by atoms with Gasteiger partial charge >= 0.3 is 0 Å². The molecule has 0 N–H and O–H groups in total. The van der Waals surface area contributed by atoms with Crippen molar-refractivity contribution < 1.29 is 0 Å². The molecule has 0 saturated carbocycles. The average Bonchev–Trinajstić information content (AvgIpc) is 2.72. The van der Waals surface area contributed by atoms with E-state index < -0.39 is 0 Å². The molecule has 1 unspecified atom stereocenters. The average molecular weight is 225 g/mol. The molecule has 1 aromatic heterocycles. The first kappa shape index (κ1) is 12.7. The molecule has 0 saturated heterocycles. The summed E-state index contributed by atoms with van der Waals surface area (Å²) in [4.78, 5) is 4.50. The minimum absolute atomic E-state index is 0.331. The molecule has 0 spiro atoms. The highest BCUT2D eigenvalue weighted by Gasteiger charge is 2.27. The fourth-order valence-corrected chi connectivity index (χ4v) is 3.04. The van der Waals surface area contributed by atoms with Crippen molar-refractivity contribution in [3.63, 3.8) is 0 Å². The van der Waals surface area contributed by atoms with Gasteiger partial charge in [0.25, 0.3) is 0 Å². The van der Waals surface area contributed by atoms with Gasteiger partial charge in [0.05, 0.1) is 5.01 Å². The number of aromatic nitrogens is 1. The molecule has 2 heteroatoms. The Kier molecular flexibility index (Phi) is 5.30. The smallest absolute Gasteiger partial charge is 0.0983 e. The first-order valence-electron chi connectivity index (χ1n) is 6.13. The molecule has 0 fully saturated rings. The second-order valence-electron chi connectivity index (χ2n) is 4.61. The molecular weight excluding hydrogens is 202 g/mol. The Morgan fingerprint density at radius 2 is 2.00 bits per heavy atom. The zero-order valence-electron chi connectivity index (χ0n) is 10.3. The summed E-state index contributed by atoms with van der Waals surface area (Å²) in [6, 6.07) is 0. The lowest BCUT2D eigenvalue weighted by atomic mass is 9.81. The minimum Gasteiger partial charge on any atom is -0.249 e. The minimum atomic E-state index is 0.331. The van der Waals surface area contributed by atoms with Crippen molar-refractivity contribution in [1.82, 2.24) is 4.98 Å². The normalized spacial score (nSPS) is 15.1. The molecule has 1 rings (SSSR count). The predicted octanol–water partition coefficient (Wildman–Crippen LogP) is 4.78. The van der Waals surface area contributed by atoms with Crippen LogP contribution in [0.5, 0.6) is 0 Å². The van der Waals surface area contributed by atoms with Gasteiger partial charge in [0.1, 0.15) is 0 Å². The molecule has 0 amide bonds. The van der Waals surface area contributed by atoms with Gasteiger partial charge in [-0.05, 0) is 12.8 Å². The highest BCUT2D eigenvalue weighted by atomic mass is 32.1. The molecule has 1 atom stereocenters. The Morgan fingerprint density at radius 3 is 2.53 bits per heavy atom. The van der Waals surface area contributed by atoms with Crippen LogP contribution in [0.15, 0.2) is 11.6 Å². The number of hydrogen-bond acceptors (Lipinski definition) is 2. The zero-order valence-corrected chi connectivity index (χ0v) is 11.1. The second kappa shape index (κ2) is 6.26. The van der Waals surface area contributed by atoms with Crippen molar-refractivity contribution in [3.8, 4) is 0 Å². The van der Waals surface area contributed by atoms with Gasteiger partial charge in [-0.25, -0.2) is 4.98 Å². The van der Waals surface area contributed by atoms with Crippen LogP contribution in [0, 0.1) is 0 Å². The Morgan fingerprint density at radius 1 is 1.20 bits per heavy atom. The highest BCUT2D eigenvalue weighted by molar-refractivity contribution is 7.09. The zero-order chi connectivity index (χ0) is 11.1. The van der Waals surface area contributed by atoms with Crippen LogP contribution in [0.25, 0.3) is 0 Å². The van der Waals surface area contributed by atoms with E-state index in [-0.39, 0.29) is 0 Å². The fourth-order valence-electron chi connectivity index (χ4n) is 2.18. The largest absolute Gasteiger partial charge is 0.249 e. The fraction of sp³-hybridized carbons (Fsp3) is 0.769. The van der Waals surface area contributed by atoms with E-state index in [2.05, 4.69) is 31.1 Å². The van der Waals surface area contributed by atoms with E-state index in [1.165, 1.54) is 43.5 Å². The van der Waals surface area contributed by atoms with Crippen molar-refractivity contribution in [2.24, 2.45) is 0 Å². The summed E-state index contributed by atoms with van der Waals surface area (Å²) < 4.78 is 0. The predicted molar refractivity (Wildman–Crippen MR) is 68.5 cm³/mol. The van der Waals surface area contributed by atoms with Gasteiger partial charge in [-0.3, -0.25) is 0 Å². The van der Waals surface area contributed by atoms with E-state index in [1.54, 1.807) is 0 Å². The van der Waals surface area contributed by atoms with Gasteiger partial charge in [-0.1, -0.05) is 46.5 Å². The Balaban J connectivity index is 2.61. The molecule has 15 heavy (non-hydrogen) atoms. The van der Waals surface area contributed by atoms with E-state index in [0.29, 0.717) is 5.41 Å². The lowest BCUT2D eigenvalue weighted by Gasteiger charge is -2.27. The molecule has 0 aliphatic carbocycles. The van der Waals surface area contributed by atoms with Crippen molar-refractivity contribution in [1.29, 1.82) is 0 Å². The van der Waals surface area contributed by atoms with Gasteiger partial charge in [0.15, 0.2) is 0 Å². The van der Waals surface area contributed by atoms with E-state index >= 15 is 0 Å². The first-order valence-corrected chi connectivity index (χ1v) is 7.01. The SMILES string of the molecule is CCCCCC(C)(CCC)c1nccs1. The molecule has 1 nitrogen and oxygen atoms in total. The second-order valence-corrected chi connectivity index (χ2v) is 5.50. The Hall–Kier alpha value is -0.370. The van der Waals surface area contributed by atoms with E-state index in [4.69, 9.17) is 0 Å². The molecule has 1 heterocycles. The van der Waals surface area contributed by atoms with Crippen molar-refractivity contribution in [2.75, 3.05) is 0 Å². The van der Waals surface area contributed by atoms with Crippen LogP contribution < -0.4 is 0 Å². The van der Waals surface area contributed by atoms with Crippen LogP contribution in [0.1, 0.15) is 64.3 Å². The summed E-state index contributed by atoms with van der Waals surface area (Å²) in [5.74, 6) is 0. The lowest BCUT2D eigenvalue weighted by Crippen LogP contribution is -2.21. The van der Waals surface area contributed by atoms with Gasteiger partial charge in [-0.15, -0.1) is 11.3 Å². The summed E-state index contributed by atoms with van der Waals surface area (Å²) in [5, 5.41) is 3.43. The van der Waals surface area contributed by atoms with Crippen molar-refractivity contribution in [3.05, 3.63) is 16.6 Å². The Labute approximate surface area is 97.9 Å². The molecule has 86 valence electrons. The van der Waals surface area contributed by atoms with E-state index in [1.807, 2.05) is 17.5 Å². The third-order valence-corrected chi connectivity index (χ3v) is 4.16. The number of unbranched alkanes of at least 4 members (excludes halogenated alkanes) is 2.